The third-order valence-corrected chi connectivity index (χ3v) is 14.6. The number of rotatable bonds is 5. The fourth-order valence-electron chi connectivity index (χ4n) is 6.17. The Labute approximate surface area is 295 Å². The molecule has 1 aromatic rings. The lowest BCUT2D eigenvalue weighted by atomic mass is 9.89. The number of carbonyl (C=O) groups is 4. The number of aliphatic hydroxyl groups is 1. The van der Waals surface area contributed by atoms with Crippen LogP contribution in [0.3, 0.4) is 0 Å². The number of carbonyl (C=O) groups excluding carboxylic acids is 4. The van der Waals surface area contributed by atoms with Crippen molar-refractivity contribution in [3.63, 3.8) is 0 Å². The molecule has 3 atom stereocenters. The highest BCUT2D eigenvalue weighted by atomic mass is 28.4. The van der Waals surface area contributed by atoms with Gasteiger partial charge in [0, 0.05) is 18.9 Å². The summed E-state index contributed by atoms with van der Waals surface area (Å²) in [5.41, 5.74) is -0.516. The van der Waals surface area contributed by atoms with Crippen molar-refractivity contribution in [3.8, 4) is 0 Å². The van der Waals surface area contributed by atoms with Crippen molar-refractivity contribution in [1.29, 1.82) is 0 Å². The largest absolute Gasteiger partial charge is 0.459 e. The highest BCUT2D eigenvalue weighted by Gasteiger charge is 2.42. The number of allylic oxidation sites excluding steroid dienone is 1. The molecule has 1 aromatic carbocycles. The van der Waals surface area contributed by atoms with Crippen molar-refractivity contribution < 1.29 is 42.9 Å². The van der Waals surface area contributed by atoms with E-state index in [4.69, 9.17) is 18.6 Å². The van der Waals surface area contributed by atoms with Crippen molar-refractivity contribution >= 4 is 31.8 Å². The second-order valence-corrected chi connectivity index (χ2v) is 19.1. The molecule has 2 rings (SSSR count). The van der Waals surface area contributed by atoms with Crippen molar-refractivity contribution in [2.45, 2.75) is 155 Å². The smallest absolute Gasteiger partial charge is 0.338 e. The SMILES string of the molecule is CC[Si](CC)(CC)O[C@]1(C)CC[C@H](O)CCOCc2cccc(c2)C(=O)OC/C=C/CCC(C)(C)OC(=O)CC(=O)[C@H](C)CCCCC1=O. The average Bonchev–Trinajstić information content (AvgIpc) is 3.07. The molecule has 0 fully saturated rings. The Morgan fingerprint density at radius 1 is 0.939 bits per heavy atom. The van der Waals surface area contributed by atoms with Gasteiger partial charge in [0.05, 0.1) is 18.3 Å². The Kier molecular flexibility index (Phi) is 18.1. The molecule has 0 aromatic heterocycles. The molecule has 276 valence electrons. The van der Waals surface area contributed by atoms with Crippen LogP contribution >= 0.6 is 0 Å². The van der Waals surface area contributed by atoms with E-state index in [-0.39, 0.29) is 37.1 Å². The van der Waals surface area contributed by atoms with E-state index in [1.165, 1.54) is 0 Å². The molecule has 10 heteroatoms. The molecule has 0 unspecified atom stereocenters. The molecular formula is C39H62O9Si. The standard InChI is InChI=1S/C39H62O9Si/c1-8-49(9-2,10-3)48-39(7)24-21-33(40)22-26-45-29-31-18-16-19-32(27-31)37(44)46-25-15-11-14-23-38(5,6)47-36(43)28-34(41)30(4)17-12-13-20-35(39)42/h11,15-16,18-19,27,30,33,40H,8-10,12-14,17,20-26,28-29H2,1-7H3/b15-11+/t30-,33+,39-/m1/s1. The van der Waals surface area contributed by atoms with Gasteiger partial charge in [0.2, 0.25) is 0 Å². The number of esters is 2. The molecule has 1 heterocycles. The summed E-state index contributed by atoms with van der Waals surface area (Å²) in [4.78, 5) is 51.8. The van der Waals surface area contributed by atoms with E-state index in [2.05, 4.69) is 20.8 Å². The number of benzene rings is 1. The maximum atomic E-state index is 13.8. The molecule has 9 nitrogen and oxygen atoms in total. The first-order chi connectivity index (χ1) is 23.2. The Morgan fingerprint density at radius 3 is 2.35 bits per heavy atom. The van der Waals surface area contributed by atoms with Crippen molar-refractivity contribution in [2.75, 3.05) is 13.2 Å². The van der Waals surface area contributed by atoms with Crippen LogP contribution in [0, 0.1) is 5.92 Å². The highest BCUT2D eigenvalue weighted by Crippen LogP contribution is 2.33. The summed E-state index contributed by atoms with van der Waals surface area (Å²) in [6, 6.07) is 9.82. The first kappa shape index (κ1) is 42.5. The second-order valence-electron chi connectivity index (χ2n) is 14.4. The third-order valence-electron chi connectivity index (χ3n) is 9.89. The summed E-state index contributed by atoms with van der Waals surface area (Å²) >= 11 is 0. The van der Waals surface area contributed by atoms with Crippen LogP contribution in [0.25, 0.3) is 0 Å². The van der Waals surface area contributed by atoms with E-state index in [1.807, 2.05) is 39.8 Å². The van der Waals surface area contributed by atoms with Gasteiger partial charge in [-0.15, -0.1) is 0 Å². The van der Waals surface area contributed by atoms with Gasteiger partial charge >= 0.3 is 11.9 Å². The monoisotopic (exact) mass is 702 g/mol. The lowest BCUT2D eigenvalue weighted by Gasteiger charge is -2.40. The van der Waals surface area contributed by atoms with Gasteiger partial charge in [-0.05, 0) is 102 Å². The minimum Gasteiger partial charge on any atom is -0.459 e. The van der Waals surface area contributed by atoms with Gasteiger partial charge in [0.1, 0.15) is 30.0 Å². The van der Waals surface area contributed by atoms with Gasteiger partial charge in [0.25, 0.3) is 0 Å². The van der Waals surface area contributed by atoms with E-state index >= 15 is 0 Å². The summed E-state index contributed by atoms with van der Waals surface area (Å²) in [6.07, 6.45) is 7.26. The average molecular weight is 703 g/mol. The minimum atomic E-state index is -2.14. The van der Waals surface area contributed by atoms with Crippen molar-refractivity contribution in [1.82, 2.24) is 0 Å². The van der Waals surface area contributed by atoms with E-state index in [0.717, 1.165) is 23.7 Å². The zero-order valence-corrected chi connectivity index (χ0v) is 32.1. The number of ether oxygens (including phenoxy) is 3. The summed E-state index contributed by atoms with van der Waals surface area (Å²) in [6.45, 7) is 14.5. The number of hydrogen-bond acceptors (Lipinski definition) is 9. The number of cyclic esters (lactones) is 2. The third kappa shape index (κ3) is 15.0. The molecule has 0 saturated heterocycles. The number of fused-ring (bicyclic) bond motifs is 2. The van der Waals surface area contributed by atoms with Gasteiger partial charge in [-0.2, -0.15) is 0 Å². The maximum Gasteiger partial charge on any atom is 0.338 e. The van der Waals surface area contributed by atoms with Crippen LogP contribution in [0.15, 0.2) is 36.4 Å². The molecule has 1 N–H and O–H groups in total. The minimum absolute atomic E-state index is 0.0326. The van der Waals surface area contributed by atoms with Crippen LogP contribution in [-0.2, 0) is 39.6 Å². The fraction of sp³-hybridized carbons (Fsp3) is 0.692. The van der Waals surface area contributed by atoms with Gasteiger partial charge in [-0.1, -0.05) is 58.4 Å². The Balaban J connectivity index is 2.18. The number of aliphatic hydroxyl groups excluding tert-OH is 1. The zero-order valence-electron chi connectivity index (χ0n) is 31.1. The van der Waals surface area contributed by atoms with E-state index in [1.54, 1.807) is 24.3 Å². The Morgan fingerprint density at radius 2 is 1.65 bits per heavy atom. The lowest BCUT2D eigenvalue weighted by molar-refractivity contribution is -0.158. The van der Waals surface area contributed by atoms with Gasteiger partial charge in [-0.25, -0.2) is 4.79 Å². The van der Waals surface area contributed by atoms with E-state index in [9.17, 15) is 24.3 Å². The van der Waals surface area contributed by atoms with Crippen molar-refractivity contribution in [2.24, 2.45) is 5.92 Å². The van der Waals surface area contributed by atoms with E-state index in [0.29, 0.717) is 70.0 Å². The summed E-state index contributed by atoms with van der Waals surface area (Å²) in [7, 11) is -2.14. The van der Waals surface area contributed by atoms with Crippen LogP contribution in [0.2, 0.25) is 18.1 Å². The normalized spacial score (nSPS) is 26.0. The molecule has 0 saturated carbocycles. The Bertz CT molecular complexity index is 1230. The van der Waals surface area contributed by atoms with Crippen LogP contribution in [0.5, 0.6) is 0 Å². The highest BCUT2D eigenvalue weighted by molar-refractivity contribution is 6.73. The number of Topliss-reactive ketones (excluding diaryl/α,β-unsaturated/α-hetero) is 2. The molecule has 0 aliphatic carbocycles. The van der Waals surface area contributed by atoms with Crippen molar-refractivity contribution in [3.05, 3.63) is 47.5 Å². The van der Waals surface area contributed by atoms with E-state index < -0.39 is 37.6 Å². The van der Waals surface area contributed by atoms with Crippen LogP contribution in [0.4, 0.5) is 0 Å². The quantitative estimate of drug-likeness (QED) is 0.140. The van der Waals surface area contributed by atoms with Gasteiger partial charge in [-0.3, -0.25) is 14.4 Å². The predicted molar refractivity (Wildman–Crippen MR) is 194 cm³/mol. The second kappa shape index (κ2) is 20.9. The van der Waals surface area contributed by atoms with Gasteiger partial charge in [0.15, 0.2) is 14.1 Å². The van der Waals surface area contributed by atoms with Crippen LogP contribution < -0.4 is 0 Å². The summed E-state index contributed by atoms with van der Waals surface area (Å²) in [5, 5.41) is 10.9. The molecule has 0 amide bonds. The molecule has 0 radical (unpaired) electrons. The summed E-state index contributed by atoms with van der Waals surface area (Å²) < 4.78 is 23.7. The lowest BCUT2D eigenvalue weighted by Crippen LogP contribution is -2.50. The van der Waals surface area contributed by atoms with Gasteiger partial charge < -0.3 is 23.7 Å². The van der Waals surface area contributed by atoms with Crippen LogP contribution in [-0.4, -0.2) is 67.4 Å². The zero-order chi connectivity index (χ0) is 36.5. The molecule has 2 bridgehead atoms. The fourth-order valence-corrected chi connectivity index (χ4v) is 9.28. The summed E-state index contributed by atoms with van der Waals surface area (Å²) in [5.74, 6) is -1.45. The first-order valence-corrected chi connectivity index (χ1v) is 20.9. The molecule has 49 heavy (non-hydrogen) atoms. The number of hydrogen-bond donors (Lipinski definition) is 1. The predicted octanol–water partition coefficient (Wildman–Crippen LogP) is 8.07. The maximum absolute atomic E-state index is 13.8. The first-order valence-electron chi connectivity index (χ1n) is 18.3. The Hall–Kier alpha value is -2.66. The molecule has 1 aliphatic heterocycles. The topological polar surface area (TPSA) is 125 Å². The van der Waals surface area contributed by atoms with Crippen LogP contribution in [0.1, 0.15) is 129 Å². The molecular weight excluding hydrogens is 641 g/mol. The molecule has 0 spiro atoms. The number of ketones is 2. The molecule has 1 aliphatic rings.